The summed E-state index contributed by atoms with van der Waals surface area (Å²) in [6.45, 7) is -0.129. The number of ether oxygens (including phenoxy) is 4. The summed E-state index contributed by atoms with van der Waals surface area (Å²) in [7, 11) is 0. The van der Waals surface area contributed by atoms with Crippen LogP contribution in [0.4, 0.5) is 18.0 Å². The smallest absolute Gasteiger partial charge is 0.453 e. The molecule has 252 valence electrons. The molecule has 1 atom stereocenters. The van der Waals surface area contributed by atoms with Gasteiger partial charge >= 0.3 is 24.2 Å². The summed E-state index contributed by atoms with van der Waals surface area (Å²) in [5.41, 5.74) is -0.233. The molecule has 13 heteroatoms. The molecule has 1 heterocycles. The molecule has 10 nitrogen and oxygen atoms in total. The molecule has 5 aromatic rings. The van der Waals surface area contributed by atoms with Crippen molar-refractivity contribution in [3.8, 4) is 17.2 Å². The predicted octanol–water partition coefficient (Wildman–Crippen LogP) is 7.33. The van der Waals surface area contributed by atoms with E-state index in [1.165, 1.54) is 24.3 Å². The zero-order valence-corrected chi connectivity index (χ0v) is 25.6. The molecule has 0 saturated carbocycles. The van der Waals surface area contributed by atoms with Crippen molar-refractivity contribution in [2.75, 3.05) is 0 Å². The van der Waals surface area contributed by atoms with Crippen LogP contribution in [-0.4, -0.2) is 24.1 Å². The standard InChI is InChI=1S/C36H28F3NO9/c37-36(38,39)33-32(47-25-14-8-3-9-15-25)31(42)27-17-16-26(20-29(27)49-33)48-34(43)28(40-35(44)46-22-24-12-6-2-7-13-24)18-19-30(41)45-21-23-10-4-1-5-11-23/h1-17,20,28H,18-19,21-22H2,(H,40,44)/t28-/m0/s1. The largest absolute Gasteiger partial charge is 0.461 e. The molecule has 5 rings (SSSR count). The number of carbonyl (C=O) groups excluding carboxylic acids is 3. The lowest BCUT2D eigenvalue weighted by atomic mass is 10.1. The SMILES string of the molecule is O=C(CC[C@H](NC(=O)OCc1ccccc1)C(=O)Oc1ccc2c(=O)c(Oc3ccccc3)c(C(F)(F)F)oc2c1)OCc1ccccc1. The maximum Gasteiger partial charge on any atom is 0.453 e. The van der Waals surface area contributed by atoms with Gasteiger partial charge in [-0.1, -0.05) is 78.9 Å². The second-order valence-electron chi connectivity index (χ2n) is 10.5. The van der Waals surface area contributed by atoms with Gasteiger partial charge in [0.25, 0.3) is 5.76 Å². The first-order valence-corrected chi connectivity index (χ1v) is 14.9. The predicted molar refractivity (Wildman–Crippen MR) is 169 cm³/mol. The highest BCUT2D eigenvalue weighted by atomic mass is 19.4. The van der Waals surface area contributed by atoms with Crippen LogP contribution >= 0.6 is 0 Å². The summed E-state index contributed by atoms with van der Waals surface area (Å²) < 4.78 is 68.1. The highest BCUT2D eigenvalue weighted by Gasteiger charge is 2.40. The van der Waals surface area contributed by atoms with Crippen molar-refractivity contribution in [3.05, 3.63) is 136 Å². The van der Waals surface area contributed by atoms with Crippen LogP contribution in [0.15, 0.2) is 118 Å². The molecule has 0 fully saturated rings. The minimum absolute atomic E-state index is 0.0123. The van der Waals surface area contributed by atoms with Gasteiger partial charge in [-0.2, -0.15) is 13.2 Å². The van der Waals surface area contributed by atoms with Crippen LogP contribution in [0.5, 0.6) is 17.2 Å². The van der Waals surface area contributed by atoms with Gasteiger partial charge in [-0.15, -0.1) is 0 Å². The van der Waals surface area contributed by atoms with Crippen molar-refractivity contribution in [1.82, 2.24) is 5.32 Å². The second-order valence-corrected chi connectivity index (χ2v) is 10.5. The van der Waals surface area contributed by atoms with E-state index in [4.69, 9.17) is 23.4 Å². The van der Waals surface area contributed by atoms with E-state index in [2.05, 4.69) is 5.32 Å². The number of esters is 2. The van der Waals surface area contributed by atoms with Gasteiger partial charge in [0, 0.05) is 12.5 Å². The maximum atomic E-state index is 14.0. The molecule has 0 saturated heterocycles. The lowest BCUT2D eigenvalue weighted by molar-refractivity contribution is -0.154. The molecule has 0 unspecified atom stereocenters. The average Bonchev–Trinajstić information content (AvgIpc) is 3.10. The van der Waals surface area contributed by atoms with Crippen LogP contribution in [0.2, 0.25) is 0 Å². The van der Waals surface area contributed by atoms with Crippen molar-refractivity contribution in [3.63, 3.8) is 0 Å². The van der Waals surface area contributed by atoms with E-state index in [0.717, 1.165) is 23.8 Å². The third-order valence-electron chi connectivity index (χ3n) is 6.93. The van der Waals surface area contributed by atoms with E-state index in [1.807, 2.05) is 0 Å². The molecule has 1 N–H and O–H groups in total. The summed E-state index contributed by atoms with van der Waals surface area (Å²) in [6, 6.07) is 26.8. The number of alkyl halides is 3. The van der Waals surface area contributed by atoms with Crippen molar-refractivity contribution in [2.24, 2.45) is 0 Å². The molecule has 49 heavy (non-hydrogen) atoms. The number of halogens is 3. The Morgan fingerprint density at radius 1 is 0.755 bits per heavy atom. The zero-order chi connectivity index (χ0) is 34.8. The van der Waals surface area contributed by atoms with Crippen LogP contribution in [0.1, 0.15) is 29.7 Å². The monoisotopic (exact) mass is 675 g/mol. The molecular formula is C36H28F3NO9. The molecule has 0 radical (unpaired) electrons. The number of hydrogen-bond acceptors (Lipinski definition) is 9. The quantitative estimate of drug-likeness (QED) is 0.107. The molecule has 1 amide bonds. The van der Waals surface area contributed by atoms with Gasteiger partial charge in [0.1, 0.15) is 36.3 Å². The fourth-order valence-corrected chi connectivity index (χ4v) is 4.52. The summed E-state index contributed by atoms with van der Waals surface area (Å²) in [5, 5.41) is 2.08. The van der Waals surface area contributed by atoms with E-state index >= 15 is 0 Å². The Morgan fingerprint density at radius 3 is 1.96 bits per heavy atom. The number of benzene rings is 4. The van der Waals surface area contributed by atoms with Crippen LogP contribution in [0, 0.1) is 0 Å². The first kappa shape index (κ1) is 34.2. The van der Waals surface area contributed by atoms with Gasteiger partial charge in [0.2, 0.25) is 11.2 Å². The minimum atomic E-state index is -5.12. The normalized spacial score (nSPS) is 11.7. The van der Waals surface area contributed by atoms with E-state index in [9.17, 15) is 32.3 Å². The number of amides is 1. The highest BCUT2D eigenvalue weighted by Crippen LogP contribution is 2.38. The third kappa shape index (κ3) is 9.47. The van der Waals surface area contributed by atoms with Crippen molar-refractivity contribution < 1.29 is 50.9 Å². The lowest BCUT2D eigenvalue weighted by Crippen LogP contribution is -2.43. The number of rotatable bonds is 12. The number of fused-ring (bicyclic) bond motifs is 1. The Hall–Kier alpha value is -6.11. The maximum absolute atomic E-state index is 14.0. The number of carbonyl (C=O) groups is 3. The summed E-state index contributed by atoms with van der Waals surface area (Å²) >= 11 is 0. The highest BCUT2D eigenvalue weighted by molar-refractivity contribution is 5.85. The van der Waals surface area contributed by atoms with Gasteiger partial charge < -0.3 is 28.7 Å². The van der Waals surface area contributed by atoms with E-state index in [-0.39, 0.29) is 42.9 Å². The Morgan fingerprint density at radius 2 is 1.35 bits per heavy atom. The van der Waals surface area contributed by atoms with Crippen molar-refractivity contribution in [1.29, 1.82) is 0 Å². The van der Waals surface area contributed by atoms with Gasteiger partial charge in [0.15, 0.2) is 0 Å². The Balaban J connectivity index is 1.33. The molecule has 4 aromatic carbocycles. The Kier molecular flexibility index (Phi) is 10.9. The van der Waals surface area contributed by atoms with Crippen LogP contribution in [-0.2, 0) is 38.5 Å². The van der Waals surface area contributed by atoms with Gasteiger partial charge in [-0.25, -0.2) is 9.59 Å². The molecular weight excluding hydrogens is 647 g/mol. The zero-order valence-electron chi connectivity index (χ0n) is 25.6. The summed E-state index contributed by atoms with van der Waals surface area (Å²) in [6.07, 6.45) is -6.69. The second kappa shape index (κ2) is 15.7. The fraction of sp³-hybridized carbons (Fsp3) is 0.167. The Labute approximate surface area is 277 Å². The Bertz CT molecular complexity index is 1970. The first-order valence-electron chi connectivity index (χ1n) is 14.9. The number of para-hydroxylation sites is 1. The first-order chi connectivity index (χ1) is 23.6. The third-order valence-corrected chi connectivity index (χ3v) is 6.93. The van der Waals surface area contributed by atoms with E-state index < -0.39 is 52.8 Å². The molecule has 0 spiro atoms. The van der Waals surface area contributed by atoms with Gasteiger partial charge in [0.05, 0.1) is 5.39 Å². The van der Waals surface area contributed by atoms with Crippen molar-refractivity contribution >= 4 is 29.0 Å². The average molecular weight is 676 g/mol. The van der Waals surface area contributed by atoms with Gasteiger partial charge in [-0.3, -0.25) is 9.59 Å². The number of alkyl carbamates (subject to hydrolysis) is 1. The van der Waals surface area contributed by atoms with Crippen LogP contribution < -0.4 is 20.2 Å². The number of hydrogen-bond donors (Lipinski definition) is 1. The molecule has 0 aliphatic rings. The van der Waals surface area contributed by atoms with Gasteiger partial charge in [-0.05, 0) is 41.8 Å². The van der Waals surface area contributed by atoms with Crippen molar-refractivity contribution in [2.45, 2.75) is 38.3 Å². The molecule has 0 aliphatic carbocycles. The fourth-order valence-electron chi connectivity index (χ4n) is 4.52. The molecule has 0 bridgehead atoms. The number of nitrogens with one attached hydrogen (secondary N) is 1. The summed E-state index contributed by atoms with van der Waals surface area (Å²) in [4.78, 5) is 51.5. The minimum Gasteiger partial charge on any atom is -0.461 e. The van der Waals surface area contributed by atoms with E-state index in [1.54, 1.807) is 66.7 Å². The topological polar surface area (TPSA) is 130 Å². The van der Waals surface area contributed by atoms with E-state index in [0.29, 0.717) is 5.56 Å². The molecule has 0 aliphatic heterocycles. The van der Waals surface area contributed by atoms with Crippen LogP contribution in [0.25, 0.3) is 11.0 Å². The summed E-state index contributed by atoms with van der Waals surface area (Å²) in [5.74, 6) is -4.81. The lowest BCUT2D eigenvalue weighted by Gasteiger charge is -2.18. The molecule has 1 aromatic heterocycles. The van der Waals surface area contributed by atoms with Crippen LogP contribution in [0.3, 0.4) is 0 Å².